The maximum absolute atomic E-state index is 11.5. The number of rotatable bonds is 4. The summed E-state index contributed by atoms with van der Waals surface area (Å²) in [6, 6.07) is 0. The van der Waals surface area contributed by atoms with Crippen LogP contribution in [-0.2, 0) is 9.59 Å². The number of hydrogen-bond donors (Lipinski definition) is 1. The summed E-state index contributed by atoms with van der Waals surface area (Å²) < 4.78 is 0. The summed E-state index contributed by atoms with van der Waals surface area (Å²) in [5.41, 5.74) is -0.373. The van der Waals surface area contributed by atoms with Crippen molar-refractivity contribution < 1.29 is 9.59 Å². The fraction of sp³-hybridized carbons (Fsp3) is 0.667. The molecular formula is C12H19NO2. The van der Waals surface area contributed by atoms with Crippen molar-refractivity contribution in [1.82, 2.24) is 5.32 Å². The van der Waals surface area contributed by atoms with E-state index in [1.807, 2.05) is 0 Å². The Labute approximate surface area is 90.9 Å². The van der Waals surface area contributed by atoms with Crippen LogP contribution in [0.15, 0.2) is 12.7 Å². The Morgan fingerprint density at radius 1 is 1.53 bits per heavy atom. The second-order valence-electron chi connectivity index (χ2n) is 4.81. The minimum Gasteiger partial charge on any atom is -0.350 e. The van der Waals surface area contributed by atoms with Gasteiger partial charge in [0.15, 0.2) is 0 Å². The van der Waals surface area contributed by atoms with Gasteiger partial charge in [0, 0.05) is 6.42 Å². The van der Waals surface area contributed by atoms with Crippen LogP contribution in [-0.4, -0.2) is 17.2 Å². The van der Waals surface area contributed by atoms with Gasteiger partial charge in [-0.15, -0.1) is 6.58 Å². The second kappa shape index (κ2) is 4.60. The molecule has 1 unspecified atom stereocenters. The molecule has 1 heterocycles. The molecule has 1 aliphatic rings. The van der Waals surface area contributed by atoms with Crippen LogP contribution < -0.4 is 5.32 Å². The van der Waals surface area contributed by atoms with Crippen molar-refractivity contribution in [3.63, 3.8) is 0 Å². The molecule has 0 saturated carbocycles. The summed E-state index contributed by atoms with van der Waals surface area (Å²) in [4.78, 5) is 22.8. The van der Waals surface area contributed by atoms with E-state index in [0.717, 1.165) is 6.42 Å². The number of nitrogens with one attached hydrogen (secondary N) is 1. The van der Waals surface area contributed by atoms with Crippen molar-refractivity contribution >= 4 is 11.7 Å². The Hall–Kier alpha value is -1.12. The lowest BCUT2D eigenvalue weighted by molar-refractivity contribution is -0.134. The van der Waals surface area contributed by atoms with E-state index < -0.39 is 0 Å². The van der Waals surface area contributed by atoms with Gasteiger partial charge in [0.05, 0.1) is 12.0 Å². The monoisotopic (exact) mass is 209 g/mol. The fourth-order valence-corrected chi connectivity index (χ4v) is 2.39. The van der Waals surface area contributed by atoms with Crippen LogP contribution in [0, 0.1) is 5.92 Å². The zero-order valence-electron chi connectivity index (χ0n) is 9.51. The molecule has 0 bridgehead atoms. The quantitative estimate of drug-likeness (QED) is 0.567. The molecule has 0 radical (unpaired) electrons. The first-order valence-corrected chi connectivity index (χ1v) is 5.41. The Bertz CT molecular complexity index is 265. The molecule has 15 heavy (non-hydrogen) atoms. The molecule has 1 aliphatic heterocycles. The molecule has 0 aromatic carbocycles. The first-order valence-electron chi connectivity index (χ1n) is 5.41. The summed E-state index contributed by atoms with van der Waals surface area (Å²) in [5, 5.41) is 2.96. The summed E-state index contributed by atoms with van der Waals surface area (Å²) in [6.45, 7) is 7.88. The van der Waals surface area contributed by atoms with E-state index in [-0.39, 0.29) is 23.7 Å². The zero-order valence-corrected chi connectivity index (χ0v) is 9.51. The first-order chi connectivity index (χ1) is 6.97. The van der Waals surface area contributed by atoms with E-state index >= 15 is 0 Å². The van der Waals surface area contributed by atoms with Gasteiger partial charge in [-0.3, -0.25) is 9.59 Å². The molecule has 3 heteroatoms. The number of carbonyl (C=O) groups is 2. The fourth-order valence-electron chi connectivity index (χ4n) is 2.39. The number of ketones is 1. The largest absolute Gasteiger partial charge is 0.350 e. The molecule has 1 rings (SSSR count). The lowest BCUT2D eigenvalue weighted by Crippen LogP contribution is -2.54. The van der Waals surface area contributed by atoms with Crippen LogP contribution in [0.1, 0.15) is 39.5 Å². The van der Waals surface area contributed by atoms with Crippen molar-refractivity contribution in [3.05, 3.63) is 12.7 Å². The Balaban J connectivity index is 2.82. The topological polar surface area (TPSA) is 46.2 Å². The van der Waals surface area contributed by atoms with Gasteiger partial charge in [0.1, 0.15) is 5.78 Å². The molecule has 84 valence electrons. The Morgan fingerprint density at radius 2 is 2.20 bits per heavy atom. The van der Waals surface area contributed by atoms with Crippen molar-refractivity contribution in [2.45, 2.75) is 45.1 Å². The van der Waals surface area contributed by atoms with E-state index in [0.29, 0.717) is 18.8 Å². The summed E-state index contributed by atoms with van der Waals surface area (Å²) in [5.74, 6) is 0.353. The summed E-state index contributed by atoms with van der Waals surface area (Å²) >= 11 is 0. The van der Waals surface area contributed by atoms with Crippen LogP contribution in [0.4, 0.5) is 0 Å². The molecule has 1 saturated heterocycles. The van der Waals surface area contributed by atoms with Gasteiger partial charge in [-0.05, 0) is 18.8 Å². The van der Waals surface area contributed by atoms with Crippen molar-refractivity contribution in [3.8, 4) is 0 Å². The van der Waals surface area contributed by atoms with Gasteiger partial charge >= 0.3 is 0 Å². The predicted molar refractivity (Wildman–Crippen MR) is 59.4 cm³/mol. The van der Waals surface area contributed by atoms with Crippen LogP contribution in [0.5, 0.6) is 0 Å². The zero-order chi connectivity index (χ0) is 11.5. The molecule has 0 spiro atoms. The standard InChI is InChI=1S/C12H19NO2/c1-4-5-12(7-9(2)3)8-10(14)6-11(15)13-12/h4,9H,1,5-8H2,2-3H3,(H,13,15). The molecular weight excluding hydrogens is 190 g/mol. The third kappa shape index (κ3) is 3.18. The highest BCUT2D eigenvalue weighted by molar-refractivity contribution is 6.01. The predicted octanol–water partition coefficient (Wildman–Crippen LogP) is 1.83. The number of piperidine rings is 1. The highest BCUT2D eigenvalue weighted by Gasteiger charge is 2.38. The van der Waals surface area contributed by atoms with Crippen molar-refractivity contribution in [2.24, 2.45) is 5.92 Å². The Morgan fingerprint density at radius 3 is 2.67 bits per heavy atom. The normalized spacial score (nSPS) is 26.6. The average Bonchev–Trinajstić information content (AvgIpc) is 1.99. The number of amides is 1. The number of hydrogen-bond acceptors (Lipinski definition) is 2. The molecule has 0 aromatic heterocycles. The molecule has 1 N–H and O–H groups in total. The highest BCUT2D eigenvalue weighted by Crippen LogP contribution is 2.28. The second-order valence-corrected chi connectivity index (χ2v) is 4.81. The average molecular weight is 209 g/mol. The minimum atomic E-state index is -0.373. The van der Waals surface area contributed by atoms with Gasteiger partial charge in [0.2, 0.25) is 5.91 Å². The minimum absolute atomic E-state index is 0.0387. The van der Waals surface area contributed by atoms with Crippen LogP contribution in [0.2, 0.25) is 0 Å². The number of Topliss-reactive ketones (excluding diaryl/α,β-unsaturated/α-hetero) is 1. The van der Waals surface area contributed by atoms with Gasteiger partial charge in [-0.1, -0.05) is 19.9 Å². The van der Waals surface area contributed by atoms with Gasteiger partial charge < -0.3 is 5.32 Å². The van der Waals surface area contributed by atoms with Crippen LogP contribution in [0.25, 0.3) is 0 Å². The lowest BCUT2D eigenvalue weighted by atomic mass is 9.79. The van der Waals surface area contributed by atoms with E-state index in [4.69, 9.17) is 0 Å². The molecule has 1 amide bonds. The third-order valence-electron chi connectivity index (χ3n) is 2.63. The van der Waals surface area contributed by atoms with E-state index in [2.05, 4.69) is 25.7 Å². The van der Waals surface area contributed by atoms with E-state index in [1.54, 1.807) is 6.08 Å². The molecule has 0 aliphatic carbocycles. The van der Waals surface area contributed by atoms with Gasteiger partial charge in [-0.25, -0.2) is 0 Å². The van der Waals surface area contributed by atoms with Crippen molar-refractivity contribution in [2.75, 3.05) is 0 Å². The van der Waals surface area contributed by atoms with E-state index in [9.17, 15) is 9.59 Å². The van der Waals surface area contributed by atoms with Crippen LogP contribution >= 0.6 is 0 Å². The number of carbonyl (C=O) groups excluding carboxylic acids is 2. The molecule has 0 aromatic rings. The maximum atomic E-state index is 11.5. The summed E-state index contributed by atoms with van der Waals surface area (Å²) in [6.07, 6.45) is 3.76. The van der Waals surface area contributed by atoms with Gasteiger partial charge in [-0.2, -0.15) is 0 Å². The van der Waals surface area contributed by atoms with Crippen molar-refractivity contribution in [1.29, 1.82) is 0 Å². The Kier molecular flexibility index (Phi) is 3.66. The van der Waals surface area contributed by atoms with Crippen LogP contribution in [0.3, 0.4) is 0 Å². The first kappa shape index (κ1) is 12.0. The molecule has 3 nitrogen and oxygen atoms in total. The lowest BCUT2D eigenvalue weighted by Gasteiger charge is -2.38. The van der Waals surface area contributed by atoms with E-state index in [1.165, 1.54) is 0 Å². The van der Waals surface area contributed by atoms with Gasteiger partial charge in [0.25, 0.3) is 0 Å². The smallest absolute Gasteiger partial charge is 0.227 e. The molecule has 1 atom stereocenters. The third-order valence-corrected chi connectivity index (χ3v) is 2.63. The highest BCUT2D eigenvalue weighted by atomic mass is 16.2. The molecule has 1 fully saturated rings. The maximum Gasteiger partial charge on any atom is 0.227 e. The SMILES string of the molecule is C=CCC1(CC(C)C)CC(=O)CC(=O)N1. The summed E-state index contributed by atoms with van der Waals surface area (Å²) in [7, 11) is 0.